The van der Waals surface area contributed by atoms with Gasteiger partial charge in [-0.1, -0.05) is 23.2 Å². The van der Waals surface area contributed by atoms with Gasteiger partial charge in [-0.3, -0.25) is 4.90 Å². The highest BCUT2D eigenvalue weighted by Gasteiger charge is 2.23. The second kappa shape index (κ2) is 9.22. The van der Waals surface area contributed by atoms with E-state index in [-0.39, 0.29) is 0 Å². The standard InChI is InChI=1S/C22H18Cl2N8/c1-13-10-27-21(30-13)16-11-28-22(29-12-16)32(19-6-5-17(23)8-18(19)24)14(2)31-20-15(9-25)4-3-7-26-20/h3-8,10-12,14H,1-2H3,(H,26,31)(H,27,30). The average Bonchev–Trinajstić information content (AvgIpc) is 3.22. The van der Waals surface area contributed by atoms with E-state index in [2.05, 4.69) is 36.3 Å². The first-order valence-electron chi connectivity index (χ1n) is 9.66. The van der Waals surface area contributed by atoms with Crippen LogP contribution < -0.4 is 10.2 Å². The molecule has 0 bridgehead atoms. The van der Waals surface area contributed by atoms with E-state index in [0.717, 1.165) is 11.3 Å². The van der Waals surface area contributed by atoms with Crippen molar-refractivity contribution in [1.82, 2.24) is 24.9 Å². The summed E-state index contributed by atoms with van der Waals surface area (Å²) in [5, 5.41) is 13.6. The molecule has 1 unspecified atom stereocenters. The highest BCUT2D eigenvalue weighted by Crippen LogP contribution is 2.34. The predicted molar refractivity (Wildman–Crippen MR) is 125 cm³/mol. The Balaban J connectivity index is 1.73. The molecule has 0 amide bonds. The van der Waals surface area contributed by atoms with E-state index in [4.69, 9.17) is 23.2 Å². The molecule has 0 radical (unpaired) electrons. The fourth-order valence-corrected chi connectivity index (χ4v) is 3.67. The molecule has 0 aliphatic rings. The minimum absolute atomic E-state index is 0.399. The number of aromatic nitrogens is 5. The van der Waals surface area contributed by atoms with Gasteiger partial charge in [-0.25, -0.2) is 19.9 Å². The molecule has 0 aliphatic carbocycles. The molecule has 8 nitrogen and oxygen atoms in total. The molecule has 0 fully saturated rings. The number of benzene rings is 1. The Labute approximate surface area is 194 Å². The molecule has 32 heavy (non-hydrogen) atoms. The van der Waals surface area contributed by atoms with Gasteiger partial charge in [-0.2, -0.15) is 5.26 Å². The van der Waals surface area contributed by atoms with Crippen molar-refractivity contribution >= 4 is 40.7 Å². The Morgan fingerprint density at radius 1 is 1.09 bits per heavy atom. The van der Waals surface area contributed by atoms with Gasteiger partial charge in [0.05, 0.1) is 21.8 Å². The Bertz CT molecular complexity index is 1280. The number of rotatable bonds is 6. The van der Waals surface area contributed by atoms with Crippen LogP contribution in [0, 0.1) is 18.3 Å². The summed E-state index contributed by atoms with van der Waals surface area (Å²) < 4.78 is 0. The molecule has 2 N–H and O–H groups in total. The van der Waals surface area contributed by atoms with Crippen molar-refractivity contribution < 1.29 is 0 Å². The van der Waals surface area contributed by atoms with Crippen LogP contribution in [0.5, 0.6) is 0 Å². The van der Waals surface area contributed by atoms with E-state index in [1.807, 2.05) is 18.7 Å². The van der Waals surface area contributed by atoms with E-state index >= 15 is 0 Å². The molecule has 160 valence electrons. The minimum Gasteiger partial charge on any atom is -0.349 e. The van der Waals surface area contributed by atoms with Crippen molar-refractivity contribution in [2.24, 2.45) is 0 Å². The van der Waals surface area contributed by atoms with Crippen LogP contribution in [0.3, 0.4) is 0 Å². The van der Waals surface area contributed by atoms with Gasteiger partial charge in [-0.05, 0) is 44.2 Å². The number of hydrogen-bond acceptors (Lipinski definition) is 7. The Kier molecular flexibility index (Phi) is 6.21. The van der Waals surface area contributed by atoms with Crippen LogP contribution in [0.1, 0.15) is 18.2 Å². The van der Waals surface area contributed by atoms with E-state index < -0.39 is 6.17 Å². The first kappa shape index (κ1) is 21.6. The van der Waals surface area contributed by atoms with Crippen LogP contribution in [-0.4, -0.2) is 31.1 Å². The third-order valence-corrected chi connectivity index (χ3v) is 5.20. The number of pyridine rings is 1. The summed E-state index contributed by atoms with van der Waals surface area (Å²) in [4.78, 5) is 22.7. The topological polar surface area (TPSA) is 106 Å². The molecule has 1 aromatic carbocycles. The number of H-pyrrole nitrogens is 1. The lowest BCUT2D eigenvalue weighted by Crippen LogP contribution is -2.37. The number of halogens is 2. The lowest BCUT2D eigenvalue weighted by molar-refractivity contribution is 0.771. The van der Waals surface area contributed by atoms with Gasteiger partial charge in [0.15, 0.2) is 0 Å². The summed E-state index contributed by atoms with van der Waals surface area (Å²) in [5.41, 5.74) is 2.76. The van der Waals surface area contributed by atoms with Crippen LogP contribution >= 0.6 is 23.2 Å². The molecule has 3 aromatic heterocycles. The third-order valence-electron chi connectivity index (χ3n) is 4.66. The second-order valence-electron chi connectivity index (χ2n) is 6.98. The van der Waals surface area contributed by atoms with Crippen molar-refractivity contribution in [2.45, 2.75) is 20.0 Å². The monoisotopic (exact) mass is 464 g/mol. The SMILES string of the molecule is Cc1cnc(-c2cnc(N(c3ccc(Cl)cc3Cl)C(C)Nc3ncccc3C#N)nc2)[nH]1. The molecule has 0 aliphatic heterocycles. The number of nitrogens with one attached hydrogen (secondary N) is 2. The minimum atomic E-state index is -0.410. The Hall–Kier alpha value is -3.67. The van der Waals surface area contributed by atoms with Crippen molar-refractivity contribution in [3.63, 3.8) is 0 Å². The fraction of sp³-hybridized carbons (Fsp3) is 0.136. The number of imidazole rings is 1. The number of nitriles is 1. The fourth-order valence-electron chi connectivity index (χ4n) is 3.17. The van der Waals surface area contributed by atoms with Crippen molar-refractivity contribution in [1.29, 1.82) is 5.26 Å². The second-order valence-corrected chi connectivity index (χ2v) is 7.83. The van der Waals surface area contributed by atoms with Gasteiger partial charge in [0, 0.05) is 35.5 Å². The molecule has 4 aromatic rings. The zero-order valence-electron chi connectivity index (χ0n) is 17.2. The molecule has 4 rings (SSSR count). The van der Waals surface area contributed by atoms with Crippen LogP contribution in [-0.2, 0) is 0 Å². The summed E-state index contributed by atoms with van der Waals surface area (Å²) in [7, 11) is 0. The first-order chi connectivity index (χ1) is 15.5. The van der Waals surface area contributed by atoms with Crippen LogP contribution in [0.4, 0.5) is 17.5 Å². The van der Waals surface area contributed by atoms with Gasteiger partial charge >= 0.3 is 0 Å². The molecular formula is C22H18Cl2N8. The Morgan fingerprint density at radius 2 is 1.88 bits per heavy atom. The number of hydrogen-bond donors (Lipinski definition) is 2. The number of aryl methyl sites for hydroxylation is 1. The van der Waals surface area contributed by atoms with Crippen LogP contribution in [0.25, 0.3) is 11.4 Å². The highest BCUT2D eigenvalue weighted by atomic mass is 35.5. The van der Waals surface area contributed by atoms with E-state index in [1.165, 1.54) is 0 Å². The summed E-state index contributed by atoms with van der Waals surface area (Å²) in [6, 6.07) is 10.7. The lowest BCUT2D eigenvalue weighted by atomic mass is 10.2. The van der Waals surface area contributed by atoms with Crippen LogP contribution in [0.2, 0.25) is 10.0 Å². The van der Waals surface area contributed by atoms with Gasteiger partial charge in [-0.15, -0.1) is 0 Å². The molecule has 3 heterocycles. The number of anilines is 3. The highest BCUT2D eigenvalue weighted by molar-refractivity contribution is 6.36. The Morgan fingerprint density at radius 3 is 2.53 bits per heavy atom. The van der Waals surface area contributed by atoms with Crippen molar-refractivity contribution in [2.75, 3.05) is 10.2 Å². The molecule has 10 heteroatoms. The summed E-state index contributed by atoms with van der Waals surface area (Å²) in [6.45, 7) is 3.82. The molecule has 0 spiro atoms. The normalized spacial score (nSPS) is 11.6. The molecule has 0 saturated carbocycles. The van der Waals surface area contributed by atoms with Gasteiger partial charge in [0.25, 0.3) is 0 Å². The summed E-state index contributed by atoms with van der Waals surface area (Å²) in [6.07, 6.45) is 6.32. The number of nitrogens with zero attached hydrogens (tertiary/aromatic N) is 6. The zero-order chi connectivity index (χ0) is 22.7. The van der Waals surface area contributed by atoms with Crippen molar-refractivity contribution in [3.8, 4) is 17.5 Å². The largest absolute Gasteiger partial charge is 0.349 e. The number of aromatic amines is 1. The van der Waals surface area contributed by atoms with Gasteiger partial charge in [0.1, 0.15) is 23.9 Å². The third kappa shape index (κ3) is 4.49. The quantitative estimate of drug-likeness (QED) is 0.370. The maximum atomic E-state index is 9.41. The van der Waals surface area contributed by atoms with Crippen LogP contribution in [0.15, 0.2) is 55.1 Å². The van der Waals surface area contributed by atoms with E-state index in [9.17, 15) is 5.26 Å². The van der Waals surface area contributed by atoms with Crippen molar-refractivity contribution in [3.05, 3.63) is 76.4 Å². The molecular weight excluding hydrogens is 447 g/mol. The lowest BCUT2D eigenvalue weighted by Gasteiger charge is -2.31. The van der Waals surface area contributed by atoms with Gasteiger partial charge < -0.3 is 10.3 Å². The first-order valence-corrected chi connectivity index (χ1v) is 10.4. The van der Waals surface area contributed by atoms with E-state index in [0.29, 0.717) is 38.9 Å². The predicted octanol–water partition coefficient (Wildman–Crippen LogP) is 5.34. The maximum Gasteiger partial charge on any atom is 0.231 e. The molecule has 0 saturated heterocycles. The maximum absolute atomic E-state index is 9.41. The smallest absolute Gasteiger partial charge is 0.231 e. The molecule has 1 atom stereocenters. The van der Waals surface area contributed by atoms with Gasteiger partial charge in [0.2, 0.25) is 5.95 Å². The average molecular weight is 465 g/mol. The summed E-state index contributed by atoms with van der Waals surface area (Å²) >= 11 is 12.6. The van der Waals surface area contributed by atoms with E-state index in [1.54, 1.807) is 55.1 Å². The zero-order valence-corrected chi connectivity index (χ0v) is 18.7. The summed E-state index contributed by atoms with van der Waals surface area (Å²) in [5.74, 6) is 1.53.